The van der Waals surface area contributed by atoms with E-state index in [4.69, 9.17) is 0 Å². The number of hydrogen-bond donors (Lipinski definition) is 2. The lowest BCUT2D eigenvalue weighted by atomic mass is 9.93. The third kappa shape index (κ3) is 2.22. The van der Waals surface area contributed by atoms with Gasteiger partial charge in [-0.25, -0.2) is 4.39 Å². The number of anilines is 1. The second-order valence-electron chi connectivity index (χ2n) is 4.80. The highest BCUT2D eigenvalue weighted by molar-refractivity contribution is 6.13. The third-order valence-corrected chi connectivity index (χ3v) is 3.40. The van der Waals surface area contributed by atoms with Gasteiger partial charge < -0.3 is 10.3 Å². The van der Waals surface area contributed by atoms with E-state index in [-0.39, 0.29) is 5.78 Å². The zero-order valence-corrected chi connectivity index (χ0v) is 10.7. The summed E-state index contributed by atoms with van der Waals surface area (Å²) < 4.78 is 13.1. The van der Waals surface area contributed by atoms with E-state index in [0.29, 0.717) is 23.2 Å². The van der Waals surface area contributed by atoms with Gasteiger partial charge in [-0.15, -0.1) is 0 Å². The first-order valence-corrected chi connectivity index (χ1v) is 6.45. The molecule has 0 radical (unpaired) electrons. The maximum Gasteiger partial charge on any atom is 0.257 e. The highest BCUT2D eigenvalue weighted by Crippen LogP contribution is 2.24. The number of fused-ring (bicyclic) bond motifs is 1. The largest absolute Gasteiger partial charge is 0.364 e. The Hall–Kier alpha value is -2.43. The standard InChI is InChI=1S/C15H13FN2O2/c16-9-3-1-4-10(7-9)18-15(20)11-8-17-12-5-2-6-13(19)14(11)12/h1,3-4,7-8,17H,2,5-6H2,(H,18,20). The van der Waals surface area contributed by atoms with Gasteiger partial charge in [-0.05, 0) is 31.0 Å². The molecule has 0 saturated carbocycles. The fraction of sp³-hybridized carbons (Fsp3) is 0.200. The molecule has 0 unspecified atom stereocenters. The summed E-state index contributed by atoms with van der Waals surface area (Å²) in [5.41, 5.74) is 1.98. The Kier molecular flexibility index (Phi) is 3.10. The summed E-state index contributed by atoms with van der Waals surface area (Å²) in [6.45, 7) is 0. The van der Waals surface area contributed by atoms with Crippen molar-refractivity contribution in [2.24, 2.45) is 0 Å². The molecule has 0 fully saturated rings. The lowest BCUT2D eigenvalue weighted by molar-refractivity contribution is 0.0956. The number of Topliss-reactive ketones (excluding diaryl/α,β-unsaturated/α-hetero) is 1. The van der Waals surface area contributed by atoms with Crippen LogP contribution in [-0.4, -0.2) is 16.7 Å². The lowest BCUT2D eigenvalue weighted by Gasteiger charge is -2.11. The minimum Gasteiger partial charge on any atom is -0.364 e. The Morgan fingerprint density at radius 2 is 2.15 bits per heavy atom. The van der Waals surface area contributed by atoms with Crippen LogP contribution in [0.4, 0.5) is 10.1 Å². The number of H-pyrrole nitrogens is 1. The van der Waals surface area contributed by atoms with Crippen LogP contribution in [0, 0.1) is 5.82 Å². The molecule has 0 saturated heterocycles. The number of hydrogen-bond acceptors (Lipinski definition) is 2. The number of rotatable bonds is 2. The fourth-order valence-corrected chi connectivity index (χ4v) is 2.48. The van der Waals surface area contributed by atoms with E-state index in [9.17, 15) is 14.0 Å². The third-order valence-electron chi connectivity index (χ3n) is 3.40. The van der Waals surface area contributed by atoms with Gasteiger partial charge in [-0.2, -0.15) is 0 Å². The van der Waals surface area contributed by atoms with Crippen molar-refractivity contribution in [3.05, 3.63) is 53.1 Å². The van der Waals surface area contributed by atoms with Crippen LogP contribution in [0.5, 0.6) is 0 Å². The Labute approximate surface area is 115 Å². The van der Waals surface area contributed by atoms with Crippen LogP contribution in [0.1, 0.15) is 39.3 Å². The van der Waals surface area contributed by atoms with E-state index >= 15 is 0 Å². The summed E-state index contributed by atoms with van der Waals surface area (Å²) >= 11 is 0. The van der Waals surface area contributed by atoms with E-state index in [1.54, 1.807) is 12.3 Å². The van der Waals surface area contributed by atoms with Gasteiger partial charge in [0.2, 0.25) is 0 Å². The molecule has 1 aliphatic carbocycles. The van der Waals surface area contributed by atoms with Gasteiger partial charge in [0.05, 0.1) is 11.1 Å². The predicted molar refractivity (Wildman–Crippen MR) is 72.4 cm³/mol. The number of aromatic amines is 1. The maximum atomic E-state index is 13.1. The molecule has 1 aromatic heterocycles. The Bertz CT molecular complexity index is 691. The van der Waals surface area contributed by atoms with Crippen LogP contribution >= 0.6 is 0 Å². The fourth-order valence-electron chi connectivity index (χ4n) is 2.48. The molecule has 1 aromatic carbocycles. The van der Waals surface area contributed by atoms with Gasteiger partial charge in [0, 0.05) is 24.0 Å². The van der Waals surface area contributed by atoms with Crippen LogP contribution in [0.15, 0.2) is 30.5 Å². The number of carbonyl (C=O) groups excluding carboxylic acids is 2. The minimum absolute atomic E-state index is 0.0168. The van der Waals surface area contributed by atoms with E-state index in [2.05, 4.69) is 10.3 Å². The van der Waals surface area contributed by atoms with Crippen molar-refractivity contribution in [3.63, 3.8) is 0 Å². The maximum absolute atomic E-state index is 13.1. The Balaban J connectivity index is 1.88. The lowest BCUT2D eigenvalue weighted by Crippen LogP contribution is -2.17. The van der Waals surface area contributed by atoms with Crippen molar-refractivity contribution in [3.8, 4) is 0 Å². The van der Waals surface area contributed by atoms with Gasteiger partial charge in [-0.1, -0.05) is 6.07 Å². The molecule has 0 bridgehead atoms. The van der Waals surface area contributed by atoms with Gasteiger partial charge in [0.25, 0.3) is 5.91 Å². The number of amides is 1. The van der Waals surface area contributed by atoms with Crippen molar-refractivity contribution in [1.82, 2.24) is 4.98 Å². The van der Waals surface area contributed by atoms with E-state index in [1.165, 1.54) is 18.2 Å². The van der Waals surface area contributed by atoms with E-state index in [0.717, 1.165) is 18.5 Å². The van der Waals surface area contributed by atoms with Gasteiger partial charge in [-0.3, -0.25) is 9.59 Å². The second kappa shape index (κ2) is 4.92. The summed E-state index contributed by atoms with van der Waals surface area (Å²) in [6, 6.07) is 5.65. The summed E-state index contributed by atoms with van der Waals surface area (Å²) in [5.74, 6) is -0.838. The molecule has 5 heteroatoms. The molecule has 1 heterocycles. The molecular formula is C15H13FN2O2. The van der Waals surface area contributed by atoms with Crippen molar-refractivity contribution < 1.29 is 14.0 Å². The molecule has 102 valence electrons. The zero-order chi connectivity index (χ0) is 14.1. The van der Waals surface area contributed by atoms with Crippen molar-refractivity contribution in [1.29, 1.82) is 0 Å². The normalized spacial score (nSPS) is 13.9. The first-order chi connectivity index (χ1) is 9.65. The number of carbonyl (C=O) groups is 2. The van der Waals surface area contributed by atoms with Crippen LogP contribution in [0.25, 0.3) is 0 Å². The number of ketones is 1. The van der Waals surface area contributed by atoms with E-state index < -0.39 is 11.7 Å². The number of aryl methyl sites for hydroxylation is 1. The second-order valence-corrected chi connectivity index (χ2v) is 4.80. The smallest absolute Gasteiger partial charge is 0.257 e. The molecule has 1 amide bonds. The summed E-state index contributed by atoms with van der Waals surface area (Å²) in [4.78, 5) is 27.1. The molecule has 0 atom stereocenters. The molecule has 4 nitrogen and oxygen atoms in total. The van der Waals surface area contributed by atoms with Crippen molar-refractivity contribution >= 4 is 17.4 Å². The zero-order valence-electron chi connectivity index (χ0n) is 10.7. The molecule has 0 aliphatic heterocycles. The summed E-state index contributed by atoms with van der Waals surface area (Å²) in [5, 5.41) is 2.60. The number of halogens is 1. The predicted octanol–water partition coefficient (Wildman–Crippen LogP) is 2.93. The highest BCUT2D eigenvalue weighted by Gasteiger charge is 2.25. The first-order valence-electron chi connectivity index (χ1n) is 6.45. The van der Waals surface area contributed by atoms with Crippen molar-refractivity contribution in [2.45, 2.75) is 19.3 Å². The molecule has 1 aliphatic rings. The topological polar surface area (TPSA) is 62.0 Å². The number of aromatic nitrogens is 1. The first kappa shape index (κ1) is 12.6. The molecular weight excluding hydrogens is 259 g/mol. The number of benzene rings is 1. The van der Waals surface area contributed by atoms with Gasteiger partial charge in [0.1, 0.15) is 5.82 Å². The average Bonchev–Trinajstić information content (AvgIpc) is 2.84. The van der Waals surface area contributed by atoms with E-state index in [1.807, 2.05) is 0 Å². The average molecular weight is 272 g/mol. The van der Waals surface area contributed by atoms with Crippen LogP contribution in [-0.2, 0) is 6.42 Å². The van der Waals surface area contributed by atoms with Crippen molar-refractivity contribution in [2.75, 3.05) is 5.32 Å². The van der Waals surface area contributed by atoms with Crippen LogP contribution in [0.3, 0.4) is 0 Å². The summed E-state index contributed by atoms with van der Waals surface area (Å²) in [6.07, 6.45) is 3.58. The van der Waals surface area contributed by atoms with Crippen LogP contribution < -0.4 is 5.32 Å². The quantitative estimate of drug-likeness (QED) is 0.883. The molecule has 20 heavy (non-hydrogen) atoms. The highest BCUT2D eigenvalue weighted by atomic mass is 19.1. The molecule has 0 spiro atoms. The Morgan fingerprint density at radius 3 is 2.95 bits per heavy atom. The van der Waals surface area contributed by atoms with Crippen LogP contribution in [0.2, 0.25) is 0 Å². The minimum atomic E-state index is -0.421. The SMILES string of the molecule is O=C(Nc1cccc(F)c1)c1c[nH]c2c1C(=O)CCC2. The molecule has 3 rings (SSSR count). The Morgan fingerprint density at radius 1 is 1.30 bits per heavy atom. The molecule has 2 aromatic rings. The van der Waals surface area contributed by atoms with Gasteiger partial charge >= 0.3 is 0 Å². The summed E-state index contributed by atoms with van der Waals surface area (Å²) in [7, 11) is 0. The number of nitrogens with one attached hydrogen (secondary N) is 2. The monoisotopic (exact) mass is 272 g/mol. The van der Waals surface area contributed by atoms with Gasteiger partial charge in [0.15, 0.2) is 5.78 Å². The molecule has 2 N–H and O–H groups in total.